The molecule has 0 bridgehead atoms. The molecule has 8 nitrogen and oxygen atoms in total. The van der Waals surface area contributed by atoms with Crippen LogP contribution in [-0.4, -0.2) is 54.1 Å². The van der Waals surface area contributed by atoms with E-state index < -0.39 is 6.10 Å². The molecule has 3 rings (SSSR count). The maximum Gasteiger partial charge on any atom is 0.256 e. The second-order valence-electron chi connectivity index (χ2n) is 5.83. The van der Waals surface area contributed by atoms with Crippen LogP contribution in [0, 0.1) is 0 Å². The van der Waals surface area contributed by atoms with Crippen LogP contribution in [0.3, 0.4) is 0 Å². The molecule has 1 amide bonds. The van der Waals surface area contributed by atoms with E-state index in [2.05, 4.69) is 9.97 Å². The van der Waals surface area contributed by atoms with Gasteiger partial charge in [0.1, 0.15) is 5.82 Å². The highest BCUT2D eigenvalue weighted by Crippen LogP contribution is 2.21. The number of aromatic nitrogens is 2. The predicted molar refractivity (Wildman–Crippen MR) is 94.3 cm³/mol. The third-order valence-electron chi connectivity index (χ3n) is 4.22. The SMILES string of the molecule is COC(C(=O)N1CCN(c2cc(=O)[nH]c(N)n2)CC1)c1ccccc1. The Labute approximate surface area is 145 Å². The largest absolute Gasteiger partial charge is 0.369 e. The molecule has 1 aromatic carbocycles. The van der Waals surface area contributed by atoms with Crippen molar-refractivity contribution in [3.63, 3.8) is 0 Å². The van der Waals surface area contributed by atoms with E-state index in [1.165, 1.54) is 13.2 Å². The number of piperazine rings is 1. The van der Waals surface area contributed by atoms with Crippen molar-refractivity contribution in [1.82, 2.24) is 14.9 Å². The Morgan fingerprint density at radius 1 is 1.24 bits per heavy atom. The third kappa shape index (κ3) is 3.80. The molecule has 0 radical (unpaired) electrons. The number of carbonyl (C=O) groups is 1. The van der Waals surface area contributed by atoms with Crippen molar-refractivity contribution >= 4 is 17.7 Å². The first-order valence-electron chi connectivity index (χ1n) is 8.07. The molecule has 8 heteroatoms. The molecule has 1 aliphatic rings. The van der Waals surface area contributed by atoms with Crippen molar-refractivity contribution in [1.29, 1.82) is 0 Å². The fraction of sp³-hybridized carbons (Fsp3) is 0.353. The Bertz CT molecular complexity index is 784. The number of amides is 1. The van der Waals surface area contributed by atoms with Crippen LogP contribution >= 0.6 is 0 Å². The van der Waals surface area contributed by atoms with Gasteiger partial charge in [0.15, 0.2) is 6.10 Å². The van der Waals surface area contributed by atoms with Crippen molar-refractivity contribution in [3.8, 4) is 0 Å². The van der Waals surface area contributed by atoms with E-state index >= 15 is 0 Å². The summed E-state index contributed by atoms with van der Waals surface area (Å²) in [5.41, 5.74) is 6.14. The smallest absolute Gasteiger partial charge is 0.256 e. The van der Waals surface area contributed by atoms with Crippen LogP contribution in [0.2, 0.25) is 0 Å². The number of hydrogen-bond donors (Lipinski definition) is 2. The van der Waals surface area contributed by atoms with E-state index in [0.29, 0.717) is 32.0 Å². The molecule has 1 saturated heterocycles. The minimum Gasteiger partial charge on any atom is -0.369 e. The number of methoxy groups -OCH3 is 1. The van der Waals surface area contributed by atoms with Crippen LogP contribution in [0.5, 0.6) is 0 Å². The number of carbonyl (C=O) groups excluding carboxylic acids is 1. The molecular weight excluding hydrogens is 322 g/mol. The van der Waals surface area contributed by atoms with Gasteiger partial charge in [-0.1, -0.05) is 30.3 Å². The average Bonchev–Trinajstić information content (AvgIpc) is 2.62. The number of nitrogen functional groups attached to an aromatic ring is 1. The van der Waals surface area contributed by atoms with Gasteiger partial charge in [-0.05, 0) is 5.56 Å². The second-order valence-corrected chi connectivity index (χ2v) is 5.83. The van der Waals surface area contributed by atoms with E-state index in [0.717, 1.165) is 5.56 Å². The summed E-state index contributed by atoms with van der Waals surface area (Å²) in [6, 6.07) is 10.8. The predicted octanol–water partition coefficient (Wildman–Crippen LogP) is 0.388. The fourth-order valence-corrected chi connectivity index (χ4v) is 2.95. The van der Waals surface area contributed by atoms with Crippen LogP contribution in [-0.2, 0) is 9.53 Å². The van der Waals surface area contributed by atoms with Gasteiger partial charge in [0, 0.05) is 39.4 Å². The molecule has 3 N–H and O–H groups in total. The lowest BCUT2D eigenvalue weighted by Gasteiger charge is -2.36. The first-order valence-corrected chi connectivity index (χ1v) is 8.07. The van der Waals surface area contributed by atoms with Gasteiger partial charge in [-0.3, -0.25) is 14.6 Å². The molecule has 0 aliphatic carbocycles. The van der Waals surface area contributed by atoms with Crippen molar-refractivity contribution in [2.24, 2.45) is 0 Å². The maximum absolute atomic E-state index is 12.8. The number of nitrogens with two attached hydrogens (primary N) is 1. The molecule has 132 valence electrons. The third-order valence-corrected chi connectivity index (χ3v) is 4.22. The van der Waals surface area contributed by atoms with Gasteiger partial charge in [-0.15, -0.1) is 0 Å². The summed E-state index contributed by atoms with van der Waals surface area (Å²) < 4.78 is 5.42. The number of benzene rings is 1. The van der Waals surface area contributed by atoms with Gasteiger partial charge in [0.25, 0.3) is 11.5 Å². The van der Waals surface area contributed by atoms with Crippen molar-refractivity contribution in [3.05, 3.63) is 52.3 Å². The van der Waals surface area contributed by atoms with Crippen molar-refractivity contribution in [2.45, 2.75) is 6.10 Å². The normalized spacial score (nSPS) is 15.9. The first-order chi connectivity index (χ1) is 12.1. The number of hydrogen-bond acceptors (Lipinski definition) is 6. The first kappa shape index (κ1) is 17.0. The van der Waals surface area contributed by atoms with E-state index in [-0.39, 0.29) is 17.4 Å². The fourth-order valence-electron chi connectivity index (χ4n) is 2.95. The molecule has 1 fully saturated rings. The lowest BCUT2D eigenvalue weighted by Crippen LogP contribution is -2.50. The van der Waals surface area contributed by atoms with Gasteiger partial charge in [0.2, 0.25) is 5.95 Å². The topological polar surface area (TPSA) is 105 Å². The molecule has 1 unspecified atom stereocenters. The van der Waals surface area contributed by atoms with Crippen LogP contribution in [0.25, 0.3) is 0 Å². The molecule has 0 saturated carbocycles. The summed E-state index contributed by atoms with van der Waals surface area (Å²) in [7, 11) is 1.54. The monoisotopic (exact) mass is 343 g/mol. The molecule has 2 aromatic rings. The van der Waals surface area contributed by atoms with Crippen LogP contribution in [0.4, 0.5) is 11.8 Å². The lowest BCUT2D eigenvalue weighted by molar-refractivity contribution is -0.142. The zero-order valence-electron chi connectivity index (χ0n) is 14.0. The van der Waals surface area contributed by atoms with E-state index in [1.807, 2.05) is 35.2 Å². The molecular formula is C17H21N5O3. The highest BCUT2D eigenvalue weighted by atomic mass is 16.5. The maximum atomic E-state index is 12.8. The molecule has 1 aromatic heterocycles. The molecule has 1 aliphatic heterocycles. The highest BCUT2D eigenvalue weighted by Gasteiger charge is 2.29. The van der Waals surface area contributed by atoms with Crippen LogP contribution < -0.4 is 16.2 Å². The van der Waals surface area contributed by atoms with E-state index in [1.54, 1.807) is 4.90 Å². The number of rotatable bonds is 4. The lowest BCUT2D eigenvalue weighted by atomic mass is 10.1. The van der Waals surface area contributed by atoms with Gasteiger partial charge >= 0.3 is 0 Å². The number of anilines is 2. The molecule has 2 heterocycles. The van der Waals surface area contributed by atoms with Gasteiger partial charge in [-0.2, -0.15) is 4.98 Å². The minimum absolute atomic E-state index is 0.0632. The zero-order valence-corrected chi connectivity index (χ0v) is 14.0. The summed E-state index contributed by atoms with van der Waals surface area (Å²) in [6.45, 7) is 2.21. The summed E-state index contributed by atoms with van der Waals surface area (Å²) >= 11 is 0. The number of H-pyrrole nitrogens is 1. The molecule has 0 spiro atoms. The number of ether oxygens (including phenoxy) is 1. The van der Waals surface area contributed by atoms with Gasteiger partial charge < -0.3 is 20.3 Å². The zero-order chi connectivity index (χ0) is 17.8. The number of nitrogens with zero attached hydrogens (tertiary/aromatic N) is 3. The average molecular weight is 343 g/mol. The summed E-state index contributed by atoms with van der Waals surface area (Å²) in [5, 5.41) is 0. The number of nitrogens with one attached hydrogen (secondary N) is 1. The molecule has 25 heavy (non-hydrogen) atoms. The summed E-state index contributed by atoms with van der Waals surface area (Å²) in [5.74, 6) is 0.552. The van der Waals surface area contributed by atoms with E-state index in [4.69, 9.17) is 10.5 Å². The Morgan fingerprint density at radius 2 is 1.92 bits per heavy atom. The van der Waals surface area contributed by atoms with E-state index in [9.17, 15) is 9.59 Å². The van der Waals surface area contributed by atoms with Crippen molar-refractivity contribution < 1.29 is 9.53 Å². The van der Waals surface area contributed by atoms with Gasteiger partial charge in [-0.25, -0.2) is 0 Å². The minimum atomic E-state index is -0.610. The Hall–Kier alpha value is -2.87. The highest BCUT2D eigenvalue weighted by molar-refractivity contribution is 5.82. The van der Waals surface area contributed by atoms with Crippen LogP contribution in [0.1, 0.15) is 11.7 Å². The van der Waals surface area contributed by atoms with Crippen LogP contribution in [0.15, 0.2) is 41.2 Å². The Balaban J connectivity index is 1.67. The number of aromatic amines is 1. The summed E-state index contributed by atoms with van der Waals surface area (Å²) in [6.07, 6.45) is -0.610. The quantitative estimate of drug-likeness (QED) is 0.832. The molecule has 1 atom stereocenters. The van der Waals surface area contributed by atoms with Crippen molar-refractivity contribution in [2.75, 3.05) is 43.9 Å². The second kappa shape index (κ2) is 7.35. The Morgan fingerprint density at radius 3 is 2.52 bits per heavy atom. The summed E-state index contributed by atoms with van der Waals surface area (Å²) in [4.78, 5) is 34.6. The standard InChI is InChI=1S/C17H21N5O3/c1-25-15(12-5-3-2-4-6-12)16(24)22-9-7-21(8-10-22)13-11-14(23)20-17(18)19-13/h2-6,11,15H,7-10H2,1H3,(H3,18,19,20,23). The van der Waals surface area contributed by atoms with Gasteiger partial charge in [0.05, 0.1) is 0 Å². The Kier molecular flexibility index (Phi) is 4.99.